The monoisotopic (exact) mass is 224 g/mol. The van der Waals surface area contributed by atoms with E-state index in [1.807, 2.05) is 30.3 Å². The van der Waals surface area contributed by atoms with E-state index in [9.17, 15) is 0 Å². The van der Waals surface area contributed by atoms with Crippen LogP contribution in [0.5, 0.6) is 0 Å². The van der Waals surface area contributed by atoms with Gasteiger partial charge >= 0.3 is 0 Å². The first-order valence-electron chi connectivity index (χ1n) is 4.20. The minimum Gasteiger partial charge on any atom is -0.354 e. The minimum atomic E-state index is -0.215. The van der Waals surface area contributed by atoms with Crippen molar-refractivity contribution in [2.45, 2.75) is 5.50 Å². The standard InChI is InChI=1S/C10H9ClN2S/c11-8-6-12-10(14)13-9(8)7-4-2-1-3-5-7/h1-6,10,13-14H. The second kappa shape index (κ2) is 4.07. The molecule has 1 aromatic carbocycles. The SMILES string of the molecule is SC1N=CC(Cl)=C(c2ccccc2)N1. The van der Waals surface area contributed by atoms with Crippen LogP contribution in [0.1, 0.15) is 5.56 Å². The molecule has 0 bridgehead atoms. The summed E-state index contributed by atoms with van der Waals surface area (Å²) in [6.45, 7) is 0. The third kappa shape index (κ3) is 1.94. The van der Waals surface area contributed by atoms with Gasteiger partial charge in [0.15, 0.2) is 5.50 Å². The first-order chi connectivity index (χ1) is 6.77. The summed E-state index contributed by atoms with van der Waals surface area (Å²) < 4.78 is 0. The third-order valence-corrected chi connectivity index (χ3v) is 2.45. The number of nitrogens with zero attached hydrogens (tertiary/aromatic N) is 1. The van der Waals surface area contributed by atoms with E-state index in [4.69, 9.17) is 11.6 Å². The van der Waals surface area contributed by atoms with Gasteiger partial charge in [-0.3, -0.25) is 4.99 Å². The van der Waals surface area contributed by atoms with Crippen LogP contribution in [-0.2, 0) is 0 Å². The average Bonchev–Trinajstić information content (AvgIpc) is 2.23. The summed E-state index contributed by atoms with van der Waals surface area (Å²) in [6.07, 6.45) is 1.62. The van der Waals surface area contributed by atoms with Gasteiger partial charge in [0.2, 0.25) is 0 Å². The summed E-state index contributed by atoms with van der Waals surface area (Å²) in [6, 6.07) is 9.88. The van der Waals surface area contributed by atoms with E-state index in [1.165, 1.54) is 0 Å². The lowest BCUT2D eigenvalue weighted by molar-refractivity contribution is 0.840. The molecule has 2 rings (SSSR count). The number of nitrogens with one attached hydrogen (secondary N) is 1. The van der Waals surface area contributed by atoms with E-state index in [-0.39, 0.29) is 5.50 Å². The fraction of sp³-hybridized carbons (Fsp3) is 0.100. The molecule has 1 aliphatic heterocycles. The normalized spacial score (nSPS) is 20.9. The lowest BCUT2D eigenvalue weighted by Crippen LogP contribution is -2.24. The van der Waals surface area contributed by atoms with Gasteiger partial charge in [0.1, 0.15) is 0 Å². The number of rotatable bonds is 1. The van der Waals surface area contributed by atoms with Crippen LogP contribution in [0.3, 0.4) is 0 Å². The van der Waals surface area contributed by atoms with Crippen molar-refractivity contribution in [3.05, 3.63) is 40.9 Å². The first-order valence-corrected chi connectivity index (χ1v) is 5.10. The molecular formula is C10H9ClN2S. The van der Waals surface area contributed by atoms with Crippen molar-refractivity contribution in [1.82, 2.24) is 5.32 Å². The quantitative estimate of drug-likeness (QED) is 0.704. The highest BCUT2D eigenvalue weighted by atomic mass is 35.5. The molecule has 4 heteroatoms. The molecule has 0 saturated carbocycles. The molecule has 1 unspecified atom stereocenters. The Bertz CT molecular complexity index is 386. The minimum absolute atomic E-state index is 0.215. The molecule has 1 aliphatic rings. The van der Waals surface area contributed by atoms with E-state index in [0.29, 0.717) is 5.03 Å². The highest BCUT2D eigenvalue weighted by Crippen LogP contribution is 2.21. The largest absolute Gasteiger partial charge is 0.354 e. The van der Waals surface area contributed by atoms with Crippen molar-refractivity contribution in [2.24, 2.45) is 4.99 Å². The Hall–Kier alpha value is -0.930. The van der Waals surface area contributed by atoms with Gasteiger partial charge < -0.3 is 5.32 Å². The van der Waals surface area contributed by atoms with Crippen LogP contribution in [0.25, 0.3) is 5.70 Å². The van der Waals surface area contributed by atoms with Gasteiger partial charge in [0.25, 0.3) is 0 Å². The molecule has 0 amide bonds. The van der Waals surface area contributed by atoms with Crippen LogP contribution in [0.2, 0.25) is 0 Å². The molecule has 1 N–H and O–H groups in total. The molecule has 14 heavy (non-hydrogen) atoms. The van der Waals surface area contributed by atoms with Gasteiger partial charge in [0.05, 0.1) is 10.7 Å². The van der Waals surface area contributed by atoms with Gasteiger partial charge in [-0.1, -0.05) is 41.9 Å². The zero-order chi connectivity index (χ0) is 9.97. The van der Waals surface area contributed by atoms with E-state index in [1.54, 1.807) is 6.21 Å². The van der Waals surface area contributed by atoms with Crippen molar-refractivity contribution in [1.29, 1.82) is 0 Å². The second-order valence-electron chi connectivity index (χ2n) is 2.89. The van der Waals surface area contributed by atoms with Gasteiger partial charge in [-0.05, 0) is 5.56 Å². The van der Waals surface area contributed by atoms with E-state index >= 15 is 0 Å². The maximum Gasteiger partial charge on any atom is 0.163 e. The van der Waals surface area contributed by atoms with Gasteiger partial charge in [0, 0.05) is 6.21 Å². The van der Waals surface area contributed by atoms with E-state index in [0.717, 1.165) is 11.3 Å². The highest BCUT2D eigenvalue weighted by molar-refractivity contribution is 7.80. The van der Waals surface area contributed by atoms with Crippen LogP contribution < -0.4 is 5.32 Å². The third-order valence-electron chi connectivity index (χ3n) is 1.90. The lowest BCUT2D eigenvalue weighted by Gasteiger charge is -2.18. The van der Waals surface area contributed by atoms with Crippen molar-refractivity contribution >= 4 is 36.1 Å². The fourth-order valence-electron chi connectivity index (χ4n) is 1.26. The van der Waals surface area contributed by atoms with Gasteiger partial charge in [-0.15, -0.1) is 12.6 Å². The fourth-order valence-corrected chi connectivity index (χ4v) is 1.68. The second-order valence-corrected chi connectivity index (χ2v) is 3.78. The summed E-state index contributed by atoms with van der Waals surface area (Å²) in [7, 11) is 0. The van der Waals surface area contributed by atoms with E-state index < -0.39 is 0 Å². The maximum absolute atomic E-state index is 6.02. The molecule has 0 aromatic heterocycles. The number of thiol groups is 1. The predicted molar refractivity (Wildman–Crippen MR) is 63.6 cm³/mol. The average molecular weight is 225 g/mol. The Morgan fingerprint density at radius 1 is 1.29 bits per heavy atom. The summed E-state index contributed by atoms with van der Waals surface area (Å²) in [4.78, 5) is 4.02. The summed E-state index contributed by atoms with van der Waals surface area (Å²) >= 11 is 10.2. The van der Waals surface area contributed by atoms with Gasteiger partial charge in [-0.25, -0.2) is 0 Å². The zero-order valence-corrected chi connectivity index (χ0v) is 8.96. The Balaban J connectivity index is 2.39. The van der Waals surface area contributed by atoms with Crippen LogP contribution in [0.4, 0.5) is 0 Å². The Kier molecular flexibility index (Phi) is 2.79. The summed E-state index contributed by atoms with van der Waals surface area (Å²) in [5, 5.41) is 3.71. The number of halogens is 1. The van der Waals surface area contributed by atoms with E-state index in [2.05, 4.69) is 22.9 Å². The van der Waals surface area contributed by atoms with Gasteiger partial charge in [-0.2, -0.15) is 0 Å². The molecule has 1 aromatic rings. The summed E-state index contributed by atoms with van der Waals surface area (Å²) in [5.74, 6) is 0. The van der Waals surface area contributed by atoms with Crippen molar-refractivity contribution in [3.8, 4) is 0 Å². The van der Waals surface area contributed by atoms with Crippen LogP contribution in [0.15, 0.2) is 40.4 Å². The topological polar surface area (TPSA) is 24.4 Å². The summed E-state index contributed by atoms with van der Waals surface area (Å²) in [5.41, 5.74) is 1.71. The maximum atomic E-state index is 6.02. The molecule has 2 nitrogen and oxygen atoms in total. The zero-order valence-electron chi connectivity index (χ0n) is 7.31. The Morgan fingerprint density at radius 3 is 2.71 bits per heavy atom. The Morgan fingerprint density at radius 2 is 2.00 bits per heavy atom. The highest BCUT2D eigenvalue weighted by Gasteiger charge is 2.13. The number of hydrogen-bond acceptors (Lipinski definition) is 3. The molecular weight excluding hydrogens is 216 g/mol. The number of allylic oxidation sites excluding steroid dienone is 1. The smallest absolute Gasteiger partial charge is 0.163 e. The number of hydrogen-bond donors (Lipinski definition) is 2. The number of benzene rings is 1. The number of aliphatic imine (C=N–C) groups is 1. The lowest BCUT2D eigenvalue weighted by atomic mass is 10.1. The van der Waals surface area contributed by atoms with Crippen LogP contribution in [0, 0.1) is 0 Å². The molecule has 0 radical (unpaired) electrons. The van der Waals surface area contributed by atoms with Crippen LogP contribution in [-0.4, -0.2) is 11.7 Å². The molecule has 0 saturated heterocycles. The Labute approximate surface area is 93.1 Å². The molecule has 0 fully saturated rings. The molecule has 0 spiro atoms. The van der Waals surface area contributed by atoms with Crippen LogP contribution >= 0.6 is 24.2 Å². The van der Waals surface area contributed by atoms with Crippen molar-refractivity contribution < 1.29 is 0 Å². The molecule has 1 atom stereocenters. The molecule has 72 valence electrons. The van der Waals surface area contributed by atoms with Crippen molar-refractivity contribution in [2.75, 3.05) is 0 Å². The first kappa shape index (κ1) is 9.62. The molecule has 1 heterocycles. The molecule has 0 aliphatic carbocycles. The van der Waals surface area contributed by atoms with Crippen molar-refractivity contribution in [3.63, 3.8) is 0 Å². The predicted octanol–water partition coefficient (Wildman–Crippen LogP) is 2.48.